The minimum atomic E-state index is -0.274. The monoisotopic (exact) mass is 302 g/mol. The number of hydrogen-bond acceptors (Lipinski definition) is 3. The Balaban J connectivity index is 1.99. The molecule has 2 aromatic rings. The summed E-state index contributed by atoms with van der Waals surface area (Å²) < 4.78 is 13.9. The van der Waals surface area contributed by atoms with E-state index in [-0.39, 0.29) is 17.5 Å². The maximum absolute atomic E-state index is 13.9. The fourth-order valence-electron chi connectivity index (χ4n) is 2.44. The van der Waals surface area contributed by atoms with E-state index in [9.17, 15) is 9.18 Å². The largest absolute Gasteiger partial charge is 0.399 e. The van der Waals surface area contributed by atoms with Gasteiger partial charge in [0.15, 0.2) is 0 Å². The van der Waals surface area contributed by atoms with Gasteiger partial charge in [-0.05, 0) is 42.3 Å². The van der Waals surface area contributed by atoms with Crippen molar-refractivity contribution in [2.24, 2.45) is 0 Å². The van der Waals surface area contributed by atoms with Crippen LogP contribution in [0.15, 0.2) is 41.3 Å². The predicted octanol–water partition coefficient (Wildman–Crippen LogP) is 3.36. The predicted molar refractivity (Wildman–Crippen MR) is 83.9 cm³/mol. The number of anilines is 2. The molecule has 1 amide bonds. The topological polar surface area (TPSA) is 46.3 Å². The first-order chi connectivity index (χ1) is 10.1. The highest BCUT2D eigenvalue weighted by Gasteiger charge is 2.27. The Bertz CT molecular complexity index is 717. The number of rotatable bonds is 2. The van der Waals surface area contributed by atoms with Gasteiger partial charge in [0.05, 0.1) is 22.9 Å². The molecule has 3 nitrogen and oxygen atoms in total. The van der Waals surface area contributed by atoms with Crippen molar-refractivity contribution in [3.8, 4) is 0 Å². The van der Waals surface area contributed by atoms with E-state index in [0.29, 0.717) is 22.8 Å². The summed E-state index contributed by atoms with van der Waals surface area (Å²) in [4.78, 5) is 14.4. The maximum atomic E-state index is 13.9. The van der Waals surface area contributed by atoms with Crippen LogP contribution in [-0.2, 0) is 11.3 Å². The van der Waals surface area contributed by atoms with E-state index in [4.69, 9.17) is 5.73 Å². The summed E-state index contributed by atoms with van der Waals surface area (Å²) in [5.74, 6) is -0.0135. The lowest BCUT2D eigenvalue weighted by Crippen LogP contribution is -2.35. The van der Waals surface area contributed by atoms with Crippen LogP contribution in [0.4, 0.5) is 15.8 Å². The lowest BCUT2D eigenvalue weighted by Gasteiger charge is -2.29. The molecule has 2 N–H and O–H groups in total. The molecule has 0 aromatic heterocycles. The van der Waals surface area contributed by atoms with Gasteiger partial charge < -0.3 is 10.6 Å². The third kappa shape index (κ3) is 2.61. The van der Waals surface area contributed by atoms with E-state index in [2.05, 4.69) is 0 Å². The summed E-state index contributed by atoms with van der Waals surface area (Å²) in [6.07, 6.45) is 0. The standard InChI is InChI=1S/C16H15FN2OS/c1-10-7-12(18)6-5-11(10)8-19-14-4-2-3-13(17)16(14)21-9-15(19)20/h2-7H,8-9,18H2,1H3. The van der Waals surface area contributed by atoms with Gasteiger partial charge in [0.2, 0.25) is 5.91 Å². The summed E-state index contributed by atoms with van der Waals surface area (Å²) in [6.45, 7) is 2.39. The highest BCUT2D eigenvalue weighted by Crippen LogP contribution is 2.38. The number of hydrogen-bond donors (Lipinski definition) is 1. The Kier molecular flexibility index (Phi) is 3.59. The summed E-state index contributed by atoms with van der Waals surface area (Å²) >= 11 is 1.26. The molecule has 0 bridgehead atoms. The van der Waals surface area contributed by atoms with Gasteiger partial charge in [0.1, 0.15) is 5.82 Å². The number of halogens is 1. The van der Waals surface area contributed by atoms with Crippen LogP contribution in [0.1, 0.15) is 11.1 Å². The zero-order valence-corrected chi connectivity index (χ0v) is 12.4. The number of carbonyl (C=O) groups is 1. The van der Waals surface area contributed by atoms with Gasteiger partial charge >= 0.3 is 0 Å². The van der Waals surface area contributed by atoms with Crippen molar-refractivity contribution in [2.75, 3.05) is 16.4 Å². The van der Waals surface area contributed by atoms with Crippen LogP contribution in [0.2, 0.25) is 0 Å². The van der Waals surface area contributed by atoms with Crippen molar-refractivity contribution in [1.29, 1.82) is 0 Å². The Morgan fingerprint density at radius 2 is 2.14 bits per heavy atom. The van der Waals surface area contributed by atoms with Gasteiger partial charge in [0, 0.05) is 5.69 Å². The Morgan fingerprint density at radius 3 is 2.90 bits per heavy atom. The summed E-state index contributed by atoms with van der Waals surface area (Å²) in [6, 6.07) is 10.5. The van der Waals surface area contributed by atoms with Crippen molar-refractivity contribution in [3.63, 3.8) is 0 Å². The van der Waals surface area contributed by atoms with Crippen molar-refractivity contribution < 1.29 is 9.18 Å². The third-order valence-corrected chi connectivity index (χ3v) is 4.66. The van der Waals surface area contributed by atoms with Crippen LogP contribution in [-0.4, -0.2) is 11.7 Å². The minimum absolute atomic E-state index is 0.00525. The molecule has 21 heavy (non-hydrogen) atoms. The fourth-order valence-corrected chi connectivity index (χ4v) is 3.39. The Morgan fingerprint density at radius 1 is 1.33 bits per heavy atom. The number of benzene rings is 2. The van der Waals surface area contributed by atoms with E-state index in [1.165, 1.54) is 17.8 Å². The van der Waals surface area contributed by atoms with Crippen LogP contribution < -0.4 is 10.6 Å². The molecule has 0 saturated carbocycles. The van der Waals surface area contributed by atoms with Crippen molar-refractivity contribution in [1.82, 2.24) is 0 Å². The number of fused-ring (bicyclic) bond motifs is 1. The van der Waals surface area contributed by atoms with Crippen LogP contribution >= 0.6 is 11.8 Å². The number of thioether (sulfide) groups is 1. The average molecular weight is 302 g/mol. The second kappa shape index (κ2) is 5.41. The van der Waals surface area contributed by atoms with E-state index in [0.717, 1.165) is 11.1 Å². The second-order valence-corrected chi connectivity index (χ2v) is 6.03. The van der Waals surface area contributed by atoms with Crippen molar-refractivity contribution >= 4 is 29.0 Å². The smallest absolute Gasteiger partial charge is 0.237 e. The van der Waals surface area contributed by atoms with Crippen molar-refractivity contribution in [3.05, 3.63) is 53.3 Å². The first-order valence-corrected chi connectivity index (χ1v) is 7.61. The SMILES string of the molecule is Cc1cc(N)ccc1CN1C(=O)CSc2c(F)cccc21. The van der Waals surface area contributed by atoms with Gasteiger partial charge in [-0.1, -0.05) is 12.1 Å². The first kappa shape index (κ1) is 13.9. The van der Waals surface area contributed by atoms with E-state index in [1.54, 1.807) is 17.0 Å². The van der Waals surface area contributed by atoms with Crippen molar-refractivity contribution in [2.45, 2.75) is 18.4 Å². The molecule has 1 aliphatic heterocycles. The lowest BCUT2D eigenvalue weighted by atomic mass is 10.1. The summed E-state index contributed by atoms with van der Waals surface area (Å²) in [7, 11) is 0. The lowest BCUT2D eigenvalue weighted by molar-refractivity contribution is -0.116. The molecule has 3 rings (SSSR count). The highest BCUT2D eigenvalue weighted by atomic mass is 32.2. The van der Waals surface area contributed by atoms with Gasteiger partial charge in [-0.3, -0.25) is 4.79 Å². The number of aryl methyl sites for hydroxylation is 1. The maximum Gasteiger partial charge on any atom is 0.237 e. The molecule has 0 unspecified atom stereocenters. The molecule has 1 heterocycles. The molecular formula is C16H15FN2OS. The van der Waals surface area contributed by atoms with E-state index >= 15 is 0 Å². The number of carbonyl (C=O) groups excluding carboxylic acids is 1. The molecule has 0 spiro atoms. The zero-order valence-electron chi connectivity index (χ0n) is 11.6. The van der Waals surface area contributed by atoms with Crippen LogP contribution in [0, 0.1) is 12.7 Å². The normalized spacial score (nSPS) is 14.2. The quantitative estimate of drug-likeness (QED) is 0.865. The molecule has 1 aliphatic rings. The van der Waals surface area contributed by atoms with Crippen LogP contribution in [0.3, 0.4) is 0 Å². The molecule has 2 aromatic carbocycles. The summed E-state index contributed by atoms with van der Waals surface area (Å²) in [5, 5.41) is 0. The zero-order chi connectivity index (χ0) is 15.0. The van der Waals surface area contributed by atoms with Crippen LogP contribution in [0.5, 0.6) is 0 Å². The third-order valence-electron chi connectivity index (χ3n) is 3.57. The molecule has 5 heteroatoms. The van der Waals surface area contributed by atoms with E-state index < -0.39 is 0 Å². The highest BCUT2D eigenvalue weighted by molar-refractivity contribution is 8.00. The summed E-state index contributed by atoms with van der Waals surface area (Å²) in [5.41, 5.74) is 9.13. The molecule has 0 atom stereocenters. The van der Waals surface area contributed by atoms with Gasteiger partial charge in [-0.2, -0.15) is 0 Å². The average Bonchev–Trinajstić information content (AvgIpc) is 2.44. The molecule has 108 valence electrons. The Hall–Kier alpha value is -2.01. The molecule has 0 fully saturated rings. The molecule has 0 aliphatic carbocycles. The molecular weight excluding hydrogens is 287 g/mol. The van der Waals surface area contributed by atoms with Gasteiger partial charge in [0.25, 0.3) is 0 Å². The fraction of sp³-hybridized carbons (Fsp3) is 0.188. The van der Waals surface area contributed by atoms with Gasteiger partial charge in [-0.25, -0.2) is 4.39 Å². The Labute approximate surface area is 126 Å². The number of nitrogens with zero attached hydrogens (tertiary/aromatic N) is 1. The second-order valence-electron chi connectivity index (χ2n) is 5.04. The number of amides is 1. The van der Waals surface area contributed by atoms with Crippen LogP contribution in [0.25, 0.3) is 0 Å². The molecule has 0 radical (unpaired) electrons. The van der Waals surface area contributed by atoms with E-state index in [1.807, 2.05) is 25.1 Å². The first-order valence-electron chi connectivity index (χ1n) is 6.63. The minimum Gasteiger partial charge on any atom is -0.399 e. The number of nitrogen functional groups attached to an aromatic ring is 1. The van der Waals surface area contributed by atoms with Gasteiger partial charge in [-0.15, -0.1) is 11.8 Å². The number of nitrogens with two attached hydrogens (primary N) is 1. The molecule has 0 saturated heterocycles.